The van der Waals surface area contributed by atoms with Gasteiger partial charge in [0.25, 0.3) is 0 Å². The quantitative estimate of drug-likeness (QED) is 0.774. The zero-order valence-corrected chi connectivity index (χ0v) is 16.8. The number of allylic oxidation sites excluding steroid dienone is 1. The van der Waals surface area contributed by atoms with Crippen LogP contribution in [0.1, 0.15) is 32.3 Å². The number of halogens is 1. The summed E-state index contributed by atoms with van der Waals surface area (Å²) >= 11 is 0. The molecule has 4 atom stereocenters. The predicted molar refractivity (Wildman–Crippen MR) is 108 cm³/mol. The third-order valence-corrected chi connectivity index (χ3v) is 7.64. The van der Waals surface area contributed by atoms with Gasteiger partial charge in [0.1, 0.15) is 11.9 Å². The van der Waals surface area contributed by atoms with Crippen LogP contribution in [0.4, 0.5) is 9.18 Å². The van der Waals surface area contributed by atoms with E-state index in [1.165, 1.54) is 6.07 Å². The van der Waals surface area contributed by atoms with E-state index in [0.717, 1.165) is 12.8 Å². The molecule has 1 saturated carbocycles. The summed E-state index contributed by atoms with van der Waals surface area (Å²) in [5.74, 6) is 6.83. The van der Waals surface area contributed by atoms with Crippen molar-refractivity contribution in [3.8, 4) is 11.8 Å². The van der Waals surface area contributed by atoms with Crippen LogP contribution in [-0.4, -0.2) is 36.6 Å². The number of amides is 2. The molecular weight excluding hydrogens is 367 g/mol. The van der Waals surface area contributed by atoms with Gasteiger partial charge in [0.15, 0.2) is 0 Å². The minimum absolute atomic E-state index is 0.00173. The lowest BCUT2D eigenvalue weighted by Crippen LogP contribution is -2.52. The number of hydrogen-bond acceptors (Lipinski definition) is 3. The fourth-order valence-corrected chi connectivity index (χ4v) is 5.80. The van der Waals surface area contributed by atoms with Gasteiger partial charge in [0.05, 0.1) is 5.70 Å². The molecule has 150 valence electrons. The van der Waals surface area contributed by atoms with Crippen LogP contribution in [0.15, 0.2) is 40.6 Å². The maximum absolute atomic E-state index is 14.5. The van der Waals surface area contributed by atoms with Crippen LogP contribution in [-0.2, 0) is 0 Å². The standard InChI is InChI=1S/C23H25FN4O/c1-22(2)17-9-10-23(22,14-28-12-11-25-21(28)29)20-8-7-15(17)13-19(26-27-20)16-5-3-4-6-18(16)24/h3-6,13,15,17,20H,9-12,14H2,1-2H3,(H,25,29)/b19-13-,27-26-/t15?,17-,20?,23?/m1/s1. The van der Waals surface area contributed by atoms with E-state index in [1.807, 2.05) is 17.0 Å². The Bertz CT molecular complexity index is 988. The van der Waals surface area contributed by atoms with Crippen molar-refractivity contribution < 1.29 is 9.18 Å². The molecule has 5 rings (SSSR count). The topological polar surface area (TPSA) is 57.1 Å². The van der Waals surface area contributed by atoms with Crippen LogP contribution in [0, 0.1) is 40.3 Å². The highest BCUT2D eigenvalue weighted by Crippen LogP contribution is 2.62. The summed E-state index contributed by atoms with van der Waals surface area (Å²) in [4.78, 5) is 14.2. The maximum atomic E-state index is 14.5. The zero-order chi connectivity index (χ0) is 20.2. The van der Waals surface area contributed by atoms with Crippen molar-refractivity contribution in [2.45, 2.75) is 32.7 Å². The maximum Gasteiger partial charge on any atom is 0.317 e. The van der Waals surface area contributed by atoms with Gasteiger partial charge in [-0.1, -0.05) is 37.8 Å². The molecule has 1 saturated heterocycles. The van der Waals surface area contributed by atoms with Gasteiger partial charge in [-0.15, -0.1) is 0 Å². The number of carbonyl (C=O) groups is 1. The van der Waals surface area contributed by atoms with Crippen molar-refractivity contribution in [2.75, 3.05) is 19.6 Å². The van der Waals surface area contributed by atoms with Crippen molar-refractivity contribution in [1.29, 1.82) is 0 Å². The first kappa shape index (κ1) is 18.4. The molecule has 29 heavy (non-hydrogen) atoms. The van der Waals surface area contributed by atoms with Gasteiger partial charge >= 0.3 is 6.03 Å². The minimum atomic E-state index is -0.309. The fourth-order valence-electron chi connectivity index (χ4n) is 5.80. The summed E-state index contributed by atoms with van der Waals surface area (Å²) in [5, 5.41) is 12.1. The summed E-state index contributed by atoms with van der Waals surface area (Å²) in [5.41, 5.74) is 0.669. The molecule has 2 heterocycles. The molecule has 2 fully saturated rings. The molecule has 1 aromatic carbocycles. The molecule has 3 unspecified atom stereocenters. The van der Waals surface area contributed by atoms with Crippen LogP contribution in [0.5, 0.6) is 0 Å². The van der Waals surface area contributed by atoms with Gasteiger partial charge in [0.2, 0.25) is 0 Å². The van der Waals surface area contributed by atoms with Crippen LogP contribution >= 0.6 is 0 Å². The van der Waals surface area contributed by atoms with Gasteiger partial charge in [-0.05, 0) is 42.4 Å². The summed E-state index contributed by atoms with van der Waals surface area (Å²) in [6.07, 6.45) is 3.99. The highest BCUT2D eigenvalue weighted by Gasteiger charge is 2.62. The Morgan fingerprint density at radius 3 is 2.90 bits per heavy atom. The molecule has 0 aromatic heterocycles. The lowest BCUT2D eigenvalue weighted by molar-refractivity contribution is 0.0311. The highest BCUT2D eigenvalue weighted by atomic mass is 19.1. The molecule has 2 aliphatic carbocycles. The van der Waals surface area contributed by atoms with Gasteiger partial charge < -0.3 is 10.2 Å². The van der Waals surface area contributed by atoms with E-state index < -0.39 is 0 Å². The number of nitrogens with zero attached hydrogens (tertiary/aromatic N) is 3. The number of azo groups is 1. The number of benzene rings is 1. The molecule has 0 radical (unpaired) electrons. The van der Waals surface area contributed by atoms with Crippen molar-refractivity contribution in [2.24, 2.45) is 32.9 Å². The Morgan fingerprint density at radius 1 is 1.31 bits per heavy atom. The van der Waals surface area contributed by atoms with E-state index >= 15 is 0 Å². The van der Waals surface area contributed by atoms with E-state index in [9.17, 15) is 9.18 Å². The fraction of sp³-hybridized carbons (Fsp3) is 0.522. The smallest absolute Gasteiger partial charge is 0.317 e. The van der Waals surface area contributed by atoms with Crippen molar-refractivity contribution in [3.05, 3.63) is 41.7 Å². The molecule has 6 heteroatoms. The highest BCUT2D eigenvalue weighted by molar-refractivity contribution is 5.76. The molecule has 5 nitrogen and oxygen atoms in total. The third-order valence-electron chi connectivity index (χ3n) is 7.64. The Balaban J connectivity index is 1.60. The summed E-state index contributed by atoms with van der Waals surface area (Å²) in [7, 11) is 0. The van der Waals surface area contributed by atoms with E-state index in [4.69, 9.17) is 0 Å². The van der Waals surface area contributed by atoms with E-state index in [0.29, 0.717) is 36.8 Å². The Kier molecular flexibility index (Phi) is 4.06. The molecule has 4 aliphatic rings. The number of urea groups is 1. The van der Waals surface area contributed by atoms with Crippen LogP contribution in [0.25, 0.3) is 5.70 Å². The summed E-state index contributed by atoms with van der Waals surface area (Å²) in [6.45, 7) is 6.58. The van der Waals surface area contributed by atoms with Gasteiger partial charge in [0, 0.05) is 36.5 Å². The molecule has 1 N–H and O–H groups in total. The van der Waals surface area contributed by atoms with E-state index in [-0.39, 0.29) is 34.6 Å². The first-order valence-electron chi connectivity index (χ1n) is 10.3. The predicted octanol–water partition coefficient (Wildman–Crippen LogP) is 4.08. The van der Waals surface area contributed by atoms with E-state index in [2.05, 4.69) is 41.2 Å². The average molecular weight is 392 g/mol. The lowest BCUT2D eigenvalue weighted by Gasteiger charge is -2.47. The van der Waals surface area contributed by atoms with Gasteiger partial charge in [-0.25, -0.2) is 9.18 Å². The third kappa shape index (κ3) is 2.63. The largest absolute Gasteiger partial charge is 0.336 e. The summed E-state index contributed by atoms with van der Waals surface area (Å²) in [6, 6.07) is 6.37. The molecule has 0 spiro atoms. The number of carbonyl (C=O) groups excluding carboxylic acids is 1. The molecule has 2 aliphatic heterocycles. The minimum Gasteiger partial charge on any atom is -0.336 e. The van der Waals surface area contributed by atoms with Crippen molar-refractivity contribution in [1.82, 2.24) is 10.2 Å². The second-order valence-corrected chi connectivity index (χ2v) is 9.14. The average Bonchev–Trinajstić information content (AvgIpc) is 3.16. The molecular formula is C23H25FN4O. The lowest BCUT2D eigenvalue weighted by atomic mass is 9.60. The Labute approximate surface area is 170 Å². The second-order valence-electron chi connectivity index (χ2n) is 9.14. The number of fused-ring (bicyclic) bond motifs is 6. The molecule has 4 bridgehead atoms. The second kappa shape index (κ2) is 6.41. The van der Waals surface area contributed by atoms with Crippen LogP contribution in [0.3, 0.4) is 0 Å². The Morgan fingerprint density at radius 2 is 2.14 bits per heavy atom. The van der Waals surface area contributed by atoms with E-state index in [1.54, 1.807) is 12.1 Å². The van der Waals surface area contributed by atoms with Crippen LogP contribution in [0.2, 0.25) is 0 Å². The first-order valence-corrected chi connectivity index (χ1v) is 10.3. The van der Waals surface area contributed by atoms with Gasteiger partial charge in [-0.2, -0.15) is 10.2 Å². The number of nitrogens with one attached hydrogen (secondary N) is 1. The first-order chi connectivity index (χ1) is 13.9. The SMILES string of the molecule is CC1(C)[C@@H]2CCC1(CN1CCNC1=O)C1C#CC2/C=C(c2ccccc2F)\N=N/1. The van der Waals surface area contributed by atoms with Crippen molar-refractivity contribution >= 4 is 11.7 Å². The molecule has 2 amide bonds. The molecule has 1 aromatic rings. The normalized spacial score (nSPS) is 36.9. The van der Waals surface area contributed by atoms with Crippen molar-refractivity contribution in [3.63, 3.8) is 0 Å². The Hall–Kier alpha value is -2.68. The number of rotatable bonds is 3. The van der Waals surface area contributed by atoms with Crippen LogP contribution < -0.4 is 5.32 Å². The monoisotopic (exact) mass is 392 g/mol. The zero-order valence-electron chi connectivity index (χ0n) is 16.8. The number of hydrogen-bond donors (Lipinski definition) is 1. The van der Waals surface area contributed by atoms with Gasteiger partial charge in [-0.3, -0.25) is 0 Å². The summed E-state index contributed by atoms with van der Waals surface area (Å²) < 4.78 is 14.5.